The lowest BCUT2D eigenvalue weighted by atomic mass is 10.0. The molecule has 1 fully saturated rings. The summed E-state index contributed by atoms with van der Waals surface area (Å²) in [6.07, 6.45) is 3.44. The Labute approximate surface area is 148 Å². The molecule has 0 aromatic heterocycles. The van der Waals surface area contributed by atoms with Gasteiger partial charge in [-0.1, -0.05) is 55.3 Å². The van der Waals surface area contributed by atoms with Crippen molar-refractivity contribution in [3.8, 4) is 0 Å². The van der Waals surface area contributed by atoms with Crippen LogP contribution in [0.4, 0.5) is 4.39 Å². The van der Waals surface area contributed by atoms with Gasteiger partial charge >= 0.3 is 0 Å². The third kappa shape index (κ3) is 4.66. The minimum Gasteiger partial charge on any atom is -0.207 e. The second-order valence-corrected chi connectivity index (χ2v) is 8.05. The molecule has 0 spiro atoms. The average molecular weight is 362 g/mol. The Balaban J connectivity index is 1.82. The predicted molar refractivity (Wildman–Crippen MR) is 96.5 cm³/mol. The van der Waals surface area contributed by atoms with E-state index in [1.165, 1.54) is 16.4 Å². The Morgan fingerprint density at radius 3 is 2.60 bits per heavy atom. The molecule has 1 unspecified atom stereocenters. The Bertz CT molecular complexity index is 796. The molecule has 0 amide bonds. The monoisotopic (exact) mass is 362 g/mol. The van der Waals surface area contributed by atoms with Crippen LogP contribution in [0.5, 0.6) is 0 Å². The molecule has 4 nitrogen and oxygen atoms in total. The van der Waals surface area contributed by atoms with Gasteiger partial charge in [0.25, 0.3) is 10.2 Å². The third-order valence-corrected chi connectivity index (χ3v) is 6.11. The molecule has 2 aromatic rings. The quantitative estimate of drug-likeness (QED) is 0.880. The summed E-state index contributed by atoms with van der Waals surface area (Å²) in [5.74, 6) is -0.337. The summed E-state index contributed by atoms with van der Waals surface area (Å²) in [6, 6.07) is 15.4. The van der Waals surface area contributed by atoms with Crippen molar-refractivity contribution in [1.82, 2.24) is 9.03 Å². The molecule has 0 aliphatic carbocycles. The maximum absolute atomic E-state index is 13.6. The van der Waals surface area contributed by atoms with Crippen molar-refractivity contribution in [3.05, 3.63) is 71.5 Å². The lowest BCUT2D eigenvalue weighted by molar-refractivity contribution is 0.323. The van der Waals surface area contributed by atoms with Crippen molar-refractivity contribution >= 4 is 10.2 Å². The highest BCUT2D eigenvalue weighted by atomic mass is 32.2. The van der Waals surface area contributed by atoms with Crippen molar-refractivity contribution in [3.63, 3.8) is 0 Å². The first-order chi connectivity index (χ1) is 12.1. The fraction of sp³-hybridized carbons (Fsp3) is 0.368. The van der Waals surface area contributed by atoms with Crippen molar-refractivity contribution in [2.75, 3.05) is 6.54 Å². The molecule has 25 heavy (non-hydrogen) atoms. The van der Waals surface area contributed by atoms with E-state index in [0.29, 0.717) is 18.5 Å². The molecule has 1 aliphatic heterocycles. The molecule has 0 bridgehead atoms. The summed E-state index contributed by atoms with van der Waals surface area (Å²) in [5, 5.41) is 0. The van der Waals surface area contributed by atoms with Crippen LogP contribution < -0.4 is 4.72 Å². The topological polar surface area (TPSA) is 49.4 Å². The molecule has 1 N–H and O–H groups in total. The molecule has 0 radical (unpaired) electrons. The predicted octanol–water partition coefficient (Wildman–Crippen LogP) is 3.78. The molecule has 1 atom stereocenters. The molecular formula is C19H23FN2O2S. The van der Waals surface area contributed by atoms with Crippen LogP contribution in [-0.2, 0) is 16.8 Å². The molecule has 1 saturated heterocycles. The van der Waals surface area contributed by atoms with E-state index in [4.69, 9.17) is 0 Å². The normalized spacial score (nSPS) is 19.5. The first-order valence-electron chi connectivity index (χ1n) is 8.62. The maximum Gasteiger partial charge on any atom is 0.280 e. The van der Waals surface area contributed by atoms with Gasteiger partial charge in [-0.2, -0.15) is 17.4 Å². The van der Waals surface area contributed by atoms with E-state index in [1.54, 1.807) is 12.1 Å². The van der Waals surface area contributed by atoms with Crippen LogP contribution in [0.15, 0.2) is 54.6 Å². The zero-order valence-electron chi connectivity index (χ0n) is 14.1. The zero-order chi connectivity index (χ0) is 17.7. The molecule has 1 aliphatic rings. The molecule has 0 saturated carbocycles. The summed E-state index contributed by atoms with van der Waals surface area (Å²) in [4.78, 5) is 0. The van der Waals surface area contributed by atoms with E-state index < -0.39 is 10.2 Å². The zero-order valence-corrected chi connectivity index (χ0v) is 14.9. The SMILES string of the molecule is O=S(=O)(NCc1ccccc1)N1CCCCCC1c1cccc(F)c1. The van der Waals surface area contributed by atoms with E-state index >= 15 is 0 Å². The summed E-state index contributed by atoms with van der Waals surface area (Å²) in [6.45, 7) is 0.695. The van der Waals surface area contributed by atoms with Crippen LogP contribution >= 0.6 is 0 Å². The van der Waals surface area contributed by atoms with Gasteiger partial charge in [-0.15, -0.1) is 0 Å². The number of hydrogen-bond acceptors (Lipinski definition) is 2. The van der Waals surface area contributed by atoms with Crippen molar-refractivity contribution in [2.24, 2.45) is 0 Å². The van der Waals surface area contributed by atoms with Crippen molar-refractivity contribution in [2.45, 2.75) is 38.3 Å². The van der Waals surface area contributed by atoms with Gasteiger partial charge in [0.05, 0.1) is 6.04 Å². The minimum absolute atomic E-state index is 0.246. The van der Waals surface area contributed by atoms with Gasteiger partial charge in [0.1, 0.15) is 5.82 Å². The largest absolute Gasteiger partial charge is 0.280 e. The highest BCUT2D eigenvalue weighted by molar-refractivity contribution is 7.87. The van der Waals surface area contributed by atoms with Gasteiger partial charge in [0.15, 0.2) is 0 Å². The third-order valence-electron chi connectivity index (χ3n) is 4.55. The van der Waals surface area contributed by atoms with Crippen LogP contribution in [0.3, 0.4) is 0 Å². The van der Waals surface area contributed by atoms with Crippen LogP contribution in [0.1, 0.15) is 42.9 Å². The van der Waals surface area contributed by atoms with Gasteiger partial charge < -0.3 is 0 Å². The number of benzene rings is 2. The van der Waals surface area contributed by atoms with E-state index in [1.807, 2.05) is 30.3 Å². The number of rotatable bonds is 5. The second-order valence-electron chi connectivity index (χ2n) is 6.34. The maximum atomic E-state index is 13.6. The first kappa shape index (κ1) is 18.0. The second kappa shape index (κ2) is 8.08. The fourth-order valence-corrected chi connectivity index (χ4v) is 4.72. The molecule has 1 heterocycles. The number of nitrogens with zero attached hydrogens (tertiary/aromatic N) is 1. The van der Waals surface area contributed by atoms with Gasteiger partial charge in [0, 0.05) is 13.1 Å². The number of nitrogens with one attached hydrogen (secondary N) is 1. The van der Waals surface area contributed by atoms with E-state index in [-0.39, 0.29) is 18.4 Å². The van der Waals surface area contributed by atoms with E-state index in [0.717, 1.165) is 24.8 Å². The Kier molecular flexibility index (Phi) is 5.83. The summed E-state index contributed by atoms with van der Waals surface area (Å²) in [7, 11) is -3.65. The lowest BCUT2D eigenvalue weighted by Gasteiger charge is -2.29. The van der Waals surface area contributed by atoms with Crippen LogP contribution in [-0.4, -0.2) is 19.3 Å². The number of hydrogen-bond donors (Lipinski definition) is 1. The fourth-order valence-electron chi connectivity index (χ4n) is 3.27. The molecule has 6 heteroatoms. The van der Waals surface area contributed by atoms with Crippen molar-refractivity contribution in [1.29, 1.82) is 0 Å². The molecule has 2 aromatic carbocycles. The Morgan fingerprint density at radius 2 is 1.84 bits per heavy atom. The minimum atomic E-state index is -3.65. The van der Waals surface area contributed by atoms with Crippen LogP contribution in [0.25, 0.3) is 0 Å². The molecule has 3 rings (SSSR count). The number of halogens is 1. The summed E-state index contributed by atoms with van der Waals surface area (Å²) >= 11 is 0. The van der Waals surface area contributed by atoms with Crippen LogP contribution in [0.2, 0.25) is 0 Å². The highest BCUT2D eigenvalue weighted by Gasteiger charge is 2.32. The van der Waals surface area contributed by atoms with Crippen molar-refractivity contribution < 1.29 is 12.8 Å². The summed E-state index contributed by atoms with van der Waals surface area (Å²) in [5.41, 5.74) is 1.62. The summed E-state index contributed by atoms with van der Waals surface area (Å²) < 4.78 is 43.6. The van der Waals surface area contributed by atoms with Gasteiger partial charge in [-0.25, -0.2) is 4.39 Å². The van der Waals surface area contributed by atoms with E-state index in [9.17, 15) is 12.8 Å². The van der Waals surface area contributed by atoms with Gasteiger partial charge in [-0.3, -0.25) is 0 Å². The smallest absolute Gasteiger partial charge is 0.207 e. The van der Waals surface area contributed by atoms with Crippen LogP contribution in [0, 0.1) is 5.82 Å². The average Bonchev–Trinajstić information content (AvgIpc) is 2.88. The molecule has 134 valence electrons. The van der Waals surface area contributed by atoms with Gasteiger partial charge in [-0.05, 0) is 36.1 Å². The van der Waals surface area contributed by atoms with Gasteiger partial charge in [0.2, 0.25) is 0 Å². The Morgan fingerprint density at radius 1 is 1.04 bits per heavy atom. The Hall–Kier alpha value is -1.76. The lowest BCUT2D eigenvalue weighted by Crippen LogP contribution is -2.42. The first-order valence-corrected chi connectivity index (χ1v) is 10.1. The standard InChI is InChI=1S/C19H23FN2O2S/c20-18-11-7-10-17(14-18)19-12-5-2-6-13-22(19)25(23,24)21-15-16-8-3-1-4-9-16/h1,3-4,7-11,14,19,21H,2,5-6,12-13,15H2. The van der Waals surface area contributed by atoms with E-state index in [2.05, 4.69) is 4.72 Å². The molecular weight excluding hydrogens is 339 g/mol. The highest BCUT2D eigenvalue weighted by Crippen LogP contribution is 2.32.